The van der Waals surface area contributed by atoms with E-state index in [1.807, 2.05) is 24.3 Å². The van der Waals surface area contributed by atoms with Gasteiger partial charge >= 0.3 is 12.1 Å². The lowest BCUT2D eigenvalue weighted by atomic mass is 10.1. The van der Waals surface area contributed by atoms with Crippen molar-refractivity contribution in [2.24, 2.45) is 0 Å². The van der Waals surface area contributed by atoms with Crippen LogP contribution in [0.3, 0.4) is 0 Å². The molecule has 20 heavy (non-hydrogen) atoms. The number of amides is 1. The second-order valence-corrected chi connectivity index (χ2v) is 3.97. The number of carbonyl (C=O) groups excluding carboxylic acids is 2. The molecule has 1 amide bonds. The first-order valence-electron chi connectivity index (χ1n) is 6.38. The molecule has 0 spiro atoms. The Morgan fingerprint density at radius 3 is 2.50 bits per heavy atom. The molecule has 0 unspecified atom stereocenters. The lowest BCUT2D eigenvalue weighted by Gasteiger charge is -2.10. The SMILES string of the molecule is CCOC(=O)NOCCc1ccccc1COC(C)=O. The van der Waals surface area contributed by atoms with E-state index in [0.717, 1.165) is 11.1 Å². The van der Waals surface area contributed by atoms with Gasteiger partial charge in [0.1, 0.15) is 6.61 Å². The van der Waals surface area contributed by atoms with Crippen LogP contribution in [0.5, 0.6) is 0 Å². The van der Waals surface area contributed by atoms with Crippen molar-refractivity contribution in [1.29, 1.82) is 0 Å². The number of nitrogens with one attached hydrogen (secondary N) is 1. The maximum atomic E-state index is 11.0. The summed E-state index contributed by atoms with van der Waals surface area (Å²) in [7, 11) is 0. The highest BCUT2D eigenvalue weighted by atomic mass is 16.7. The van der Waals surface area contributed by atoms with E-state index in [1.54, 1.807) is 6.92 Å². The lowest BCUT2D eigenvalue weighted by molar-refractivity contribution is -0.142. The highest BCUT2D eigenvalue weighted by Crippen LogP contribution is 2.11. The molecule has 1 aromatic carbocycles. The van der Waals surface area contributed by atoms with Gasteiger partial charge in [0.2, 0.25) is 0 Å². The number of rotatable bonds is 7. The second-order valence-electron chi connectivity index (χ2n) is 3.97. The van der Waals surface area contributed by atoms with Crippen molar-refractivity contribution in [1.82, 2.24) is 5.48 Å². The van der Waals surface area contributed by atoms with E-state index < -0.39 is 6.09 Å². The molecule has 1 rings (SSSR count). The van der Waals surface area contributed by atoms with Gasteiger partial charge < -0.3 is 9.47 Å². The largest absolute Gasteiger partial charge is 0.461 e. The number of hydroxylamine groups is 1. The minimum Gasteiger partial charge on any atom is -0.461 e. The van der Waals surface area contributed by atoms with Crippen LogP contribution < -0.4 is 5.48 Å². The summed E-state index contributed by atoms with van der Waals surface area (Å²) < 4.78 is 9.63. The maximum Gasteiger partial charge on any atom is 0.431 e. The van der Waals surface area contributed by atoms with Crippen LogP contribution in [0.15, 0.2) is 24.3 Å². The van der Waals surface area contributed by atoms with Gasteiger partial charge in [-0.1, -0.05) is 24.3 Å². The van der Waals surface area contributed by atoms with E-state index in [4.69, 9.17) is 9.57 Å². The topological polar surface area (TPSA) is 73.9 Å². The lowest BCUT2D eigenvalue weighted by Crippen LogP contribution is -2.25. The molecule has 0 atom stereocenters. The summed E-state index contributed by atoms with van der Waals surface area (Å²) in [6, 6.07) is 7.58. The Kier molecular flexibility index (Phi) is 7.13. The molecule has 0 saturated carbocycles. The average molecular weight is 281 g/mol. The monoisotopic (exact) mass is 281 g/mol. The van der Waals surface area contributed by atoms with Crippen molar-refractivity contribution >= 4 is 12.1 Å². The maximum absolute atomic E-state index is 11.0. The van der Waals surface area contributed by atoms with Gasteiger partial charge in [0, 0.05) is 6.92 Å². The number of ether oxygens (including phenoxy) is 2. The first kappa shape index (κ1) is 16.0. The fourth-order valence-electron chi connectivity index (χ4n) is 1.55. The minimum absolute atomic E-state index is 0.233. The molecule has 6 heteroatoms. The number of esters is 1. The first-order valence-corrected chi connectivity index (χ1v) is 6.38. The van der Waals surface area contributed by atoms with Crippen LogP contribution in [-0.4, -0.2) is 25.3 Å². The molecule has 1 N–H and O–H groups in total. The quantitative estimate of drug-likeness (QED) is 0.470. The Bertz CT molecular complexity index is 447. The molecule has 110 valence electrons. The van der Waals surface area contributed by atoms with Gasteiger partial charge in [-0.05, 0) is 24.5 Å². The standard InChI is InChI=1S/C14H19NO5/c1-3-18-14(17)15-20-9-8-12-6-4-5-7-13(12)10-19-11(2)16/h4-7H,3,8-10H2,1-2H3,(H,15,17). The zero-order valence-corrected chi connectivity index (χ0v) is 11.7. The predicted octanol–water partition coefficient (Wildman–Crippen LogP) is 1.97. The Morgan fingerprint density at radius 2 is 1.85 bits per heavy atom. The van der Waals surface area contributed by atoms with Crippen LogP contribution in [0.2, 0.25) is 0 Å². The third-order valence-electron chi connectivity index (χ3n) is 2.45. The minimum atomic E-state index is -0.610. The van der Waals surface area contributed by atoms with Crippen molar-refractivity contribution < 1.29 is 23.9 Å². The third kappa shape index (κ3) is 6.19. The molecular formula is C14H19NO5. The van der Waals surface area contributed by atoms with Crippen LogP contribution in [0, 0.1) is 0 Å². The molecule has 0 aliphatic heterocycles. The molecular weight excluding hydrogens is 262 g/mol. The van der Waals surface area contributed by atoms with E-state index in [9.17, 15) is 9.59 Å². The van der Waals surface area contributed by atoms with Crippen molar-refractivity contribution in [2.45, 2.75) is 26.9 Å². The van der Waals surface area contributed by atoms with Crippen LogP contribution in [0.4, 0.5) is 4.79 Å². The van der Waals surface area contributed by atoms with E-state index >= 15 is 0 Å². The van der Waals surface area contributed by atoms with E-state index in [0.29, 0.717) is 19.6 Å². The summed E-state index contributed by atoms with van der Waals surface area (Å²) in [6.07, 6.45) is -0.0233. The Balaban J connectivity index is 2.39. The van der Waals surface area contributed by atoms with Crippen LogP contribution in [0.1, 0.15) is 25.0 Å². The van der Waals surface area contributed by atoms with Crippen LogP contribution in [0.25, 0.3) is 0 Å². The summed E-state index contributed by atoms with van der Waals surface area (Å²) in [5.41, 5.74) is 4.10. The molecule has 0 aliphatic carbocycles. The summed E-state index contributed by atoms with van der Waals surface area (Å²) >= 11 is 0. The Morgan fingerprint density at radius 1 is 1.15 bits per heavy atom. The first-order chi connectivity index (χ1) is 9.63. The highest BCUT2D eigenvalue weighted by molar-refractivity contribution is 5.66. The Hall–Kier alpha value is -2.08. The van der Waals surface area contributed by atoms with Crippen molar-refractivity contribution in [2.75, 3.05) is 13.2 Å². The predicted molar refractivity (Wildman–Crippen MR) is 71.7 cm³/mol. The van der Waals surface area contributed by atoms with Gasteiger partial charge in [0.15, 0.2) is 0 Å². The van der Waals surface area contributed by atoms with Gasteiger partial charge in [-0.25, -0.2) is 4.79 Å². The fourth-order valence-corrected chi connectivity index (χ4v) is 1.55. The zero-order chi connectivity index (χ0) is 14.8. The van der Waals surface area contributed by atoms with Crippen LogP contribution in [-0.2, 0) is 32.1 Å². The number of hydrogen-bond acceptors (Lipinski definition) is 5. The summed E-state index contributed by atoms with van der Waals surface area (Å²) in [4.78, 5) is 26.8. The molecule has 6 nitrogen and oxygen atoms in total. The number of benzene rings is 1. The molecule has 0 saturated heterocycles. The van der Waals surface area contributed by atoms with Gasteiger partial charge in [-0.2, -0.15) is 5.48 Å². The average Bonchev–Trinajstić information content (AvgIpc) is 2.42. The fraction of sp³-hybridized carbons (Fsp3) is 0.429. The van der Waals surface area contributed by atoms with Crippen molar-refractivity contribution in [3.05, 3.63) is 35.4 Å². The molecule has 0 fully saturated rings. The summed E-state index contributed by atoms with van der Waals surface area (Å²) in [5, 5.41) is 0. The van der Waals surface area contributed by atoms with E-state index in [-0.39, 0.29) is 12.6 Å². The molecule has 0 heterocycles. The summed E-state index contributed by atoms with van der Waals surface area (Å²) in [5.74, 6) is -0.319. The van der Waals surface area contributed by atoms with Gasteiger partial charge in [-0.3, -0.25) is 9.63 Å². The zero-order valence-electron chi connectivity index (χ0n) is 11.7. The van der Waals surface area contributed by atoms with Crippen molar-refractivity contribution in [3.8, 4) is 0 Å². The normalized spacial score (nSPS) is 9.90. The summed E-state index contributed by atoms with van der Waals surface area (Å²) in [6.45, 7) is 3.91. The Labute approximate surface area is 118 Å². The third-order valence-corrected chi connectivity index (χ3v) is 2.45. The molecule has 1 aromatic rings. The van der Waals surface area contributed by atoms with Crippen molar-refractivity contribution in [3.63, 3.8) is 0 Å². The number of hydrogen-bond donors (Lipinski definition) is 1. The molecule has 0 aliphatic rings. The van der Waals surface area contributed by atoms with Crippen LogP contribution >= 0.6 is 0 Å². The molecule has 0 bridgehead atoms. The number of carbonyl (C=O) groups is 2. The highest BCUT2D eigenvalue weighted by Gasteiger charge is 2.05. The van der Waals surface area contributed by atoms with E-state index in [2.05, 4.69) is 10.2 Å². The smallest absolute Gasteiger partial charge is 0.431 e. The van der Waals surface area contributed by atoms with Gasteiger partial charge in [0.25, 0.3) is 0 Å². The second kappa shape index (κ2) is 8.92. The van der Waals surface area contributed by atoms with Gasteiger partial charge in [0.05, 0.1) is 13.2 Å². The van der Waals surface area contributed by atoms with Gasteiger partial charge in [-0.15, -0.1) is 0 Å². The molecule has 0 radical (unpaired) electrons. The molecule has 0 aromatic heterocycles. The van der Waals surface area contributed by atoms with E-state index in [1.165, 1.54) is 6.92 Å².